The van der Waals surface area contributed by atoms with Crippen LogP contribution >= 0.6 is 0 Å². The molecular weight excluding hydrogens is 176 g/mol. The van der Waals surface area contributed by atoms with Crippen molar-refractivity contribution >= 4 is 0 Å². The molecule has 0 spiro atoms. The summed E-state index contributed by atoms with van der Waals surface area (Å²) in [7, 11) is 2.14. The van der Waals surface area contributed by atoms with Crippen molar-refractivity contribution in [2.24, 2.45) is 0 Å². The SMILES string of the molecule is CN1CCC(c2ncc(C#N)[nH]2)CC1. The van der Waals surface area contributed by atoms with E-state index < -0.39 is 0 Å². The van der Waals surface area contributed by atoms with E-state index in [-0.39, 0.29) is 0 Å². The second-order valence-corrected chi connectivity index (χ2v) is 3.87. The number of nitrogens with zero attached hydrogens (tertiary/aromatic N) is 3. The second kappa shape index (κ2) is 3.81. The fourth-order valence-electron chi connectivity index (χ4n) is 1.88. The van der Waals surface area contributed by atoms with Gasteiger partial charge in [-0.25, -0.2) is 4.98 Å². The van der Waals surface area contributed by atoms with Crippen LogP contribution in [0.15, 0.2) is 6.20 Å². The zero-order chi connectivity index (χ0) is 9.97. The molecule has 0 bridgehead atoms. The first-order chi connectivity index (χ1) is 6.79. The van der Waals surface area contributed by atoms with Gasteiger partial charge in [0.1, 0.15) is 17.6 Å². The number of nitrogens with one attached hydrogen (secondary N) is 1. The minimum atomic E-state index is 0.508. The van der Waals surface area contributed by atoms with Gasteiger partial charge in [0.25, 0.3) is 0 Å². The maximum absolute atomic E-state index is 8.66. The number of aromatic amines is 1. The Morgan fingerprint density at radius 2 is 2.29 bits per heavy atom. The number of piperidine rings is 1. The summed E-state index contributed by atoms with van der Waals surface area (Å²) in [6, 6.07) is 2.07. The molecule has 0 unspecified atom stereocenters. The average molecular weight is 190 g/mol. The van der Waals surface area contributed by atoms with Crippen LogP contribution in [0.5, 0.6) is 0 Å². The molecule has 2 heterocycles. The highest BCUT2D eigenvalue weighted by molar-refractivity contribution is 5.18. The van der Waals surface area contributed by atoms with Gasteiger partial charge in [-0.2, -0.15) is 5.26 Å². The molecule has 1 fully saturated rings. The van der Waals surface area contributed by atoms with E-state index in [1.807, 2.05) is 0 Å². The lowest BCUT2D eigenvalue weighted by Crippen LogP contribution is -2.29. The summed E-state index contributed by atoms with van der Waals surface area (Å²) in [6.45, 7) is 2.24. The van der Waals surface area contributed by atoms with Crippen LogP contribution in [0.3, 0.4) is 0 Å². The molecular formula is C10H14N4. The highest BCUT2D eigenvalue weighted by Crippen LogP contribution is 2.24. The summed E-state index contributed by atoms with van der Waals surface area (Å²) >= 11 is 0. The third-order valence-corrected chi connectivity index (χ3v) is 2.82. The topological polar surface area (TPSA) is 55.7 Å². The molecule has 0 aromatic carbocycles. The molecule has 1 aromatic heterocycles. The van der Waals surface area contributed by atoms with Gasteiger partial charge in [-0.1, -0.05) is 0 Å². The Morgan fingerprint density at radius 1 is 1.57 bits per heavy atom. The fourth-order valence-corrected chi connectivity index (χ4v) is 1.88. The Balaban J connectivity index is 2.05. The molecule has 0 amide bonds. The van der Waals surface area contributed by atoms with Gasteiger partial charge in [0.2, 0.25) is 0 Å². The summed E-state index contributed by atoms with van der Waals surface area (Å²) in [4.78, 5) is 9.62. The largest absolute Gasteiger partial charge is 0.334 e. The number of hydrogen-bond donors (Lipinski definition) is 1. The maximum Gasteiger partial charge on any atom is 0.137 e. The van der Waals surface area contributed by atoms with E-state index in [4.69, 9.17) is 5.26 Å². The first-order valence-corrected chi connectivity index (χ1v) is 4.93. The van der Waals surface area contributed by atoms with Gasteiger partial charge in [-0.15, -0.1) is 0 Å². The van der Waals surface area contributed by atoms with Gasteiger partial charge in [-0.3, -0.25) is 0 Å². The molecule has 0 saturated carbocycles. The van der Waals surface area contributed by atoms with Crippen molar-refractivity contribution in [1.29, 1.82) is 5.26 Å². The number of aromatic nitrogens is 2. The number of hydrogen-bond acceptors (Lipinski definition) is 3. The highest BCUT2D eigenvalue weighted by atomic mass is 15.1. The molecule has 1 aliphatic rings. The molecule has 1 saturated heterocycles. The van der Waals surface area contributed by atoms with Gasteiger partial charge in [0.05, 0.1) is 6.20 Å². The van der Waals surface area contributed by atoms with E-state index in [1.54, 1.807) is 6.20 Å². The van der Waals surface area contributed by atoms with Crippen molar-refractivity contribution in [2.75, 3.05) is 20.1 Å². The van der Waals surface area contributed by atoms with Crippen LogP contribution in [-0.2, 0) is 0 Å². The standard InChI is InChI=1S/C10H14N4/c1-14-4-2-8(3-5-14)10-12-7-9(6-11)13-10/h7-8H,2-5H2,1H3,(H,12,13). The minimum Gasteiger partial charge on any atom is -0.334 e. The second-order valence-electron chi connectivity index (χ2n) is 3.87. The van der Waals surface area contributed by atoms with Gasteiger partial charge in [0, 0.05) is 5.92 Å². The van der Waals surface area contributed by atoms with Gasteiger partial charge < -0.3 is 9.88 Å². The van der Waals surface area contributed by atoms with Crippen LogP contribution in [0.4, 0.5) is 0 Å². The lowest BCUT2D eigenvalue weighted by molar-refractivity contribution is 0.251. The third kappa shape index (κ3) is 1.78. The van der Waals surface area contributed by atoms with Crippen molar-refractivity contribution in [3.63, 3.8) is 0 Å². The minimum absolute atomic E-state index is 0.508. The Morgan fingerprint density at radius 3 is 2.86 bits per heavy atom. The lowest BCUT2D eigenvalue weighted by atomic mass is 9.97. The predicted octanol–water partition coefficient (Wildman–Crippen LogP) is 1.09. The quantitative estimate of drug-likeness (QED) is 0.721. The van der Waals surface area contributed by atoms with E-state index in [0.717, 1.165) is 31.8 Å². The van der Waals surface area contributed by atoms with Gasteiger partial charge in [-0.05, 0) is 33.0 Å². The molecule has 14 heavy (non-hydrogen) atoms. The van der Waals surface area contributed by atoms with E-state index in [0.29, 0.717) is 11.6 Å². The first kappa shape index (κ1) is 9.22. The first-order valence-electron chi connectivity index (χ1n) is 4.93. The smallest absolute Gasteiger partial charge is 0.137 e. The third-order valence-electron chi connectivity index (χ3n) is 2.82. The van der Waals surface area contributed by atoms with Crippen molar-refractivity contribution in [1.82, 2.24) is 14.9 Å². The molecule has 4 nitrogen and oxygen atoms in total. The molecule has 1 aromatic rings. The molecule has 2 rings (SSSR count). The Labute approximate surface area is 83.6 Å². The number of rotatable bonds is 1. The molecule has 1 aliphatic heterocycles. The van der Waals surface area contributed by atoms with Crippen molar-refractivity contribution in [3.8, 4) is 6.07 Å². The number of likely N-dealkylation sites (tertiary alicyclic amines) is 1. The number of imidazole rings is 1. The van der Waals surface area contributed by atoms with Crippen LogP contribution in [0.1, 0.15) is 30.3 Å². The summed E-state index contributed by atoms with van der Waals surface area (Å²) in [6.07, 6.45) is 3.89. The number of nitriles is 1. The maximum atomic E-state index is 8.66. The molecule has 0 aliphatic carbocycles. The van der Waals surface area contributed by atoms with E-state index in [1.165, 1.54) is 0 Å². The Bertz CT molecular complexity index is 341. The molecule has 4 heteroatoms. The summed E-state index contributed by atoms with van der Waals surface area (Å²) in [5, 5.41) is 8.66. The summed E-state index contributed by atoms with van der Waals surface area (Å²) in [5.74, 6) is 1.49. The van der Waals surface area contributed by atoms with Crippen LogP contribution in [0.25, 0.3) is 0 Å². The molecule has 1 N–H and O–H groups in total. The lowest BCUT2D eigenvalue weighted by Gasteiger charge is -2.27. The van der Waals surface area contributed by atoms with Crippen LogP contribution in [0, 0.1) is 11.3 Å². The van der Waals surface area contributed by atoms with Crippen LogP contribution < -0.4 is 0 Å². The van der Waals surface area contributed by atoms with Crippen LogP contribution in [-0.4, -0.2) is 35.0 Å². The summed E-state index contributed by atoms with van der Waals surface area (Å²) in [5.41, 5.74) is 0.568. The Hall–Kier alpha value is -1.34. The summed E-state index contributed by atoms with van der Waals surface area (Å²) < 4.78 is 0. The van der Waals surface area contributed by atoms with E-state index >= 15 is 0 Å². The van der Waals surface area contributed by atoms with Crippen molar-refractivity contribution < 1.29 is 0 Å². The van der Waals surface area contributed by atoms with Crippen LogP contribution in [0.2, 0.25) is 0 Å². The molecule has 0 radical (unpaired) electrons. The van der Waals surface area contributed by atoms with E-state index in [2.05, 4.69) is 28.0 Å². The normalized spacial score (nSPS) is 19.4. The average Bonchev–Trinajstić information content (AvgIpc) is 2.67. The monoisotopic (exact) mass is 190 g/mol. The van der Waals surface area contributed by atoms with Crippen molar-refractivity contribution in [2.45, 2.75) is 18.8 Å². The fraction of sp³-hybridized carbons (Fsp3) is 0.600. The van der Waals surface area contributed by atoms with Gasteiger partial charge >= 0.3 is 0 Å². The predicted molar refractivity (Wildman–Crippen MR) is 52.8 cm³/mol. The van der Waals surface area contributed by atoms with Gasteiger partial charge in [0.15, 0.2) is 0 Å². The van der Waals surface area contributed by atoms with E-state index in [9.17, 15) is 0 Å². The molecule has 0 atom stereocenters. The molecule has 74 valence electrons. The van der Waals surface area contributed by atoms with Crippen molar-refractivity contribution in [3.05, 3.63) is 17.7 Å². The zero-order valence-corrected chi connectivity index (χ0v) is 8.32. The number of H-pyrrole nitrogens is 1. The Kier molecular flexibility index (Phi) is 2.51. The zero-order valence-electron chi connectivity index (χ0n) is 8.32. The highest BCUT2D eigenvalue weighted by Gasteiger charge is 2.20.